The van der Waals surface area contributed by atoms with Crippen LogP contribution in [0.15, 0.2) is 0 Å². The van der Waals surface area contributed by atoms with Crippen molar-refractivity contribution in [2.45, 2.75) is 13.0 Å². The van der Waals surface area contributed by atoms with E-state index in [4.69, 9.17) is 9.84 Å². The van der Waals surface area contributed by atoms with Gasteiger partial charge < -0.3 is 15.2 Å². The third-order valence-corrected chi connectivity index (χ3v) is 1.71. The van der Waals surface area contributed by atoms with E-state index in [1.54, 1.807) is 6.92 Å². The topological polar surface area (TPSA) is 58.6 Å². The van der Waals surface area contributed by atoms with E-state index in [0.717, 1.165) is 0 Å². The maximum absolute atomic E-state index is 11.1. The number of carbonyl (C=O) groups is 1. The van der Waals surface area contributed by atoms with Crippen molar-refractivity contribution in [2.24, 2.45) is 5.92 Å². The Morgan fingerprint density at radius 3 is 2.82 bits per heavy atom. The number of aliphatic hydroxyl groups is 1. The molecule has 1 saturated heterocycles. The van der Waals surface area contributed by atoms with Crippen LogP contribution in [0.5, 0.6) is 0 Å². The predicted octanol–water partition coefficient (Wildman–Crippen LogP) is -0.870. The Bertz CT molecular complexity index is 145. The molecule has 1 rings (SSSR count). The first kappa shape index (κ1) is 8.49. The van der Waals surface area contributed by atoms with Gasteiger partial charge in [0.2, 0.25) is 5.91 Å². The van der Waals surface area contributed by atoms with Gasteiger partial charge in [0.25, 0.3) is 0 Å². The fourth-order valence-electron chi connectivity index (χ4n) is 0.745. The number of ether oxygens (including phenoxy) is 1. The molecule has 1 aliphatic heterocycles. The van der Waals surface area contributed by atoms with Gasteiger partial charge in [-0.25, -0.2) is 0 Å². The fraction of sp³-hybridized carbons (Fsp3) is 0.857. The molecule has 0 bridgehead atoms. The summed E-state index contributed by atoms with van der Waals surface area (Å²) in [5.41, 5.74) is 0. The molecule has 4 heteroatoms. The van der Waals surface area contributed by atoms with Crippen LogP contribution in [0, 0.1) is 5.92 Å². The van der Waals surface area contributed by atoms with Crippen molar-refractivity contribution in [3.05, 3.63) is 0 Å². The van der Waals surface area contributed by atoms with Gasteiger partial charge in [0.1, 0.15) is 0 Å². The van der Waals surface area contributed by atoms with Crippen molar-refractivity contribution < 1.29 is 14.6 Å². The van der Waals surface area contributed by atoms with E-state index in [-0.39, 0.29) is 24.5 Å². The van der Waals surface area contributed by atoms with E-state index < -0.39 is 0 Å². The van der Waals surface area contributed by atoms with Crippen molar-refractivity contribution in [1.29, 1.82) is 0 Å². The van der Waals surface area contributed by atoms with Crippen molar-refractivity contribution in [2.75, 3.05) is 19.8 Å². The lowest BCUT2D eigenvalue weighted by atomic mass is 10.1. The van der Waals surface area contributed by atoms with Crippen LogP contribution in [0.1, 0.15) is 6.92 Å². The van der Waals surface area contributed by atoms with Gasteiger partial charge in [-0.2, -0.15) is 0 Å². The third kappa shape index (κ3) is 2.17. The van der Waals surface area contributed by atoms with Gasteiger partial charge in [-0.1, -0.05) is 6.92 Å². The second-order valence-corrected chi connectivity index (χ2v) is 2.83. The summed E-state index contributed by atoms with van der Waals surface area (Å²) in [6.45, 7) is 2.79. The lowest BCUT2D eigenvalue weighted by Gasteiger charge is -2.27. The van der Waals surface area contributed by atoms with Gasteiger partial charge >= 0.3 is 0 Å². The fourth-order valence-corrected chi connectivity index (χ4v) is 0.745. The molecule has 1 amide bonds. The summed E-state index contributed by atoms with van der Waals surface area (Å²) >= 11 is 0. The molecule has 4 nitrogen and oxygen atoms in total. The Balaban J connectivity index is 2.19. The van der Waals surface area contributed by atoms with E-state index in [1.807, 2.05) is 0 Å². The summed E-state index contributed by atoms with van der Waals surface area (Å²) in [6, 6.07) is 0.163. The minimum Gasteiger partial charge on any atom is -0.396 e. The summed E-state index contributed by atoms with van der Waals surface area (Å²) in [6.07, 6.45) is 0. The van der Waals surface area contributed by atoms with E-state index in [1.165, 1.54) is 0 Å². The minimum absolute atomic E-state index is 0.0965. The average molecular weight is 159 g/mol. The maximum Gasteiger partial charge on any atom is 0.225 e. The molecule has 0 radical (unpaired) electrons. The molecule has 0 aliphatic carbocycles. The molecule has 64 valence electrons. The van der Waals surface area contributed by atoms with Gasteiger partial charge in [-0.15, -0.1) is 0 Å². The van der Waals surface area contributed by atoms with Gasteiger partial charge in [0.05, 0.1) is 31.8 Å². The molecule has 0 aromatic heterocycles. The zero-order chi connectivity index (χ0) is 8.27. The Labute approximate surface area is 65.5 Å². The van der Waals surface area contributed by atoms with Crippen molar-refractivity contribution in [3.63, 3.8) is 0 Å². The van der Waals surface area contributed by atoms with Crippen LogP contribution in [0.2, 0.25) is 0 Å². The summed E-state index contributed by atoms with van der Waals surface area (Å²) in [4.78, 5) is 11.1. The van der Waals surface area contributed by atoms with Crippen LogP contribution < -0.4 is 5.32 Å². The highest BCUT2D eigenvalue weighted by atomic mass is 16.5. The van der Waals surface area contributed by atoms with Gasteiger partial charge in [-0.3, -0.25) is 4.79 Å². The van der Waals surface area contributed by atoms with Crippen LogP contribution >= 0.6 is 0 Å². The van der Waals surface area contributed by atoms with E-state index in [9.17, 15) is 4.79 Å². The monoisotopic (exact) mass is 159 g/mol. The van der Waals surface area contributed by atoms with Crippen LogP contribution in [0.25, 0.3) is 0 Å². The molecule has 0 spiro atoms. The summed E-state index contributed by atoms with van der Waals surface area (Å²) < 4.78 is 4.87. The molecule has 11 heavy (non-hydrogen) atoms. The molecule has 1 aliphatic rings. The molecule has 1 fully saturated rings. The van der Waals surface area contributed by atoms with Crippen LogP contribution in [-0.4, -0.2) is 36.9 Å². The number of nitrogens with one attached hydrogen (secondary N) is 1. The van der Waals surface area contributed by atoms with Crippen LogP contribution in [-0.2, 0) is 9.53 Å². The predicted molar refractivity (Wildman–Crippen MR) is 39.0 cm³/mol. The number of rotatable bonds is 3. The Hall–Kier alpha value is -0.610. The molecule has 2 N–H and O–H groups in total. The molecular formula is C7H13NO3. The van der Waals surface area contributed by atoms with Crippen molar-refractivity contribution in [1.82, 2.24) is 5.32 Å². The smallest absolute Gasteiger partial charge is 0.225 e. The first-order chi connectivity index (χ1) is 5.24. The number of aliphatic hydroxyl groups excluding tert-OH is 1. The number of hydrogen-bond donors (Lipinski definition) is 2. The maximum atomic E-state index is 11.1. The van der Waals surface area contributed by atoms with Gasteiger partial charge in [0.15, 0.2) is 0 Å². The third-order valence-electron chi connectivity index (χ3n) is 1.71. The average Bonchev–Trinajstić information content (AvgIpc) is 1.94. The van der Waals surface area contributed by atoms with Crippen LogP contribution in [0.3, 0.4) is 0 Å². The number of carbonyl (C=O) groups excluding carboxylic acids is 1. The zero-order valence-electron chi connectivity index (χ0n) is 6.54. The Kier molecular flexibility index (Phi) is 2.84. The van der Waals surface area contributed by atoms with Crippen molar-refractivity contribution in [3.8, 4) is 0 Å². The van der Waals surface area contributed by atoms with Gasteiger partial charge in [0, 0.05) is 0 Å². The summed E-state index contributed by atoms with van der Waals surface area (Å²) in [5.74, 6) is -0.406. The van der Waals surface area contributed by atoms with Crippen molar-refractivity contribution >= 4 is 5.91 Å². The molecule has 0 unspecified atom stereocenters. The minimum atomic E-state index is -0.310. The van der Waals surface area contributed by atoms with E-state index in [0.29, 0.717) is 13.2 Å². The quantitative estimate of drug-likeness (QED) is 0.562. The molecule has 0 saturated carbocycles. The van der Waals surface area contributed by atoms with E-state index >= 15 is 0 Å². The van der Waals surface area contributed by atoms with Crippen LogP contribution in [0.4, 0.5) is 0 Å². The molecule has 1 atom stereocenters. The first-order valence-corrected chi connectivity index (χ1v) is 3.73. The summed E-state index contributed by atoms with van der Waals surface area (Å²) in [5, 5.41) is 11.4. The zero-order valence-corrected chi connectivity index (χ0v) is 6.54. The second-order valence-electron chi connectivity index (χ2n) is 2.83. The lowest BCUT2D eigenvalue weighted by molar-refractivity contribution is -0.129. The number of amides is 1. The largest absolute Gasteiger partial charge is 0.396 e. The molecule has 0 aromatic rings. The molecular weight excluding hydrogens is 146 g/mol. The number of hydrogen-bond acceptors (Lipinski definition) is 3. The standard InChI is InChI=1S/C7H13NO3/c1-5(2-9)7(10)8-6-3-11-4-6/h5-6,9H,2-4H2,1H3,(H,8,10)/t5-/m1/s1. The van der Waals surface area contributed by atoms with Gasteiger partial charge in [-0.05, 0) is 0 Å². The highest BCUT2D eigenvalue weighted by Crippen LogP contribution is 2.01. The first-order valence-electron chi connectivity index (χ1n) is 3.73. The summed E-state index contributed by atoms with van der Waals surface area (Å²) in [7, 11) is 0. The second kappa shape index (κ2) is 3.69. The highest BCUT2D eigenvalue weighted by molar-refractivity contribution is 5.78. The normalized spacial score (nSPS) is 20.5. The Morgan fingerprint density at radius 1 is 1.82 bits per heavy atom. The molecule has 1 heterocycles. The molecule has 0 aromatic carbocycles. The Morgan fingerprint density at radius 2 is 2.45 bits per heavy atom. The SMILES string of the molecule is C[C@H](CO)C(=O)NC1COC1. The lowest BCUT2D eigenvalue weighted by Crippen LogP contribution is -2.50. The van der Waals surface area contributed by atoms with E-state index in [2.05, 4.69) is 5.32 Å². The highest BCUT2D eigenvalue weighted by Gasteiger charge is 2.22.